The summed E-state index contributed by atoms with van der Waals surface area (Å²) in [5, 5.41) is 71.9. The Morgan fingerprint density at radius 3 is 0.643 bits per heavy atom. The van der Waals surface area contributed by atoms with Crippen LogP contribution in [-0.4, -0.2) is 144 Å². The minimum Gasteiger partial charge on any atom is -0.999 e. The predicted molar refractivity (Wildman–Crippen MR) is 199 cm³/mol. The van der Waals surface area contributed by atoms with E-state index >= 15 is 0 Å². The molecule has 0 saturated heterocycles. The molecule has 56 heavy (non-hydrogen) atoms. The maximum atomic E-state index is 8.98. The second-order valence-corrected chi connectivity index (χ2v) is 9.87. The average Bonchev–Trinajstić information content (AvgIpc) is 3.87. The number of hydrogen-bond acceptors (Lipinski definition) is 16. The summed E-state index contributed by atoms with van der Waals surface area (Å²) in [6, 6.07) is 22.0. The Bertz CT molecular complexity index is 685. The number of hydrogen-bond donors (Lipinski definition) is 8. The number of ether oxygens (including phenoxy) is 8. The van der Waals surface area contributed by atoms with Crippen LogP contribution in [0.25, 0.3) is 0 Å². The van der Waals surface area contributed by atoms with E-state index in [1.165, 1.54) is 0 Å². The number of rotatable bonds is 24. The number of aliphatic hydroxyl groups is 8. The summed E-state index contributed by atoms with van der Waals surface area (Å²) in [7, 11) is 0. The molecule has 0 saturated carbocycles. The molecular formula is C38H70Eu2O16-6. The minimum atomic E-state index is -0.929. The van der Waals surface area contributed by atoms with Crippen LogP contribution in [0, 0.1) is 123 Å². The standard InChI is InChI=1S/4C7H16O4.C5H5.C5H.2Eu/c4*1-3-10-6(8)5-7(9)11-4-2;2*1-2-4-5-3-1;;/h4*6-9H,3-5H2,1-2H3;1-5H;1H;;/q;;;;-1;-5;;. The fourth-order valence-corrected chi connectivity index (χ4v) is 3.27. The summed E-state index contributed by atoms with van der Waals surface area (Å²) in [5.74, 6) is 0. The molecule has 18 heteroatoms. The zero-order valence-electron chi connectivity index (χ0n) is 34.2. The molecule has 2 aromatic carbocycles. The van der Waals surface area contributed by atoms with Crippen molar-refractivity contribution in [3.05, 3.63) is 60.7 Å². The molecule has 8 N–H and O–H groups in total. The van der Waals surface area contributed by atoms with Crippen molar-refractivity contribution in [2.75, 3.05) is 52.9 Å². The summed E-state index contributed by atoms with van der Waals surface area (Å²) in [5.41, 5.74) is 0. The van der Waals surface area contributed by atoms with Gasteiger partial charge in [0.15, 0.2) is 50.3 Å². The van der Waals surface area contributed by atoms with E-state index in [4.69, 9.17) is 78.7 Å². The van der Waals surface area contributed by atoms with Crippen molar-refractivity contribution < 1.29 is 178 Å². The van der Waals surface area contributed by atoms with Crippen molar-refractivity contribution in [2.24, 2.45) is 0 Å². The van der Waals surface area contributed by atoms with Gasteiger partial charge in [0.1, 0.15) is 0 Å². The summed E-state index contributed by atoms with van der Waals surface area (Å²) in [6.45, 7) is 17.6. The molecule has 8 unspecified atom stereocenters. The molecular weight excluding hydrogens is 1020 g/mol. The van der Waals surface area contributed by atoms with Crippen LogP contribution in [-0.2, 0) is 37.9 Å². The molecule has 0 spiro atoms. The van der Waals surface area contributed by atoms with Gasteiger partial charge in [-0.05, 0) is 55.4 Å². The van der Waals surface area contributed by atoms with Crippen LogP contribution >= 0.6 is 0 Å². The van der Waals surface area contributed by atoms with Gasteiger partial charge in [-0.1, -0.05) is 0 Å². The Morgan fingerprint density at radius 2 is 0.554 bits per heavy atom. The predicted octanol–water partition coefficient (Wildman–Crippen LogP) is 2.36. The molecule has 16 nitrogen and oxygen atoms in total. The summed E-state index contributed by atoms with van der Waals surface area (Å²) in [4.78, 5) is 0. The van der Waals surface area contributed by atoms with Crippen LogP contribution in [0.5, 0.6) is 0 Å². The van der Waals surface area contributed by atoms with Crippen molar-refractivity contribution >= 4 is 0 Å². The first-order valence-corrected chi connectivity index (χ1v) is 18.2. The van der Waals surface area contributed by atoms with Gasteiger partial charge in [-0.25, -0.2) is 12.1 Å². The summed E-state index contributed by atoms with van der Waals surface area (Å²) in [6.07, 6.45) is -7.04. The van der Waals surface area contributed by atoms with Crippen molar-refractivity contribution in [2.45, 2.75) is 131 Å². The van der Waals surface area contributed by atoms with Crippen molar-refractivity contribution in [3.63, 3.8) is 0 Å². The maximum absolute atomic E-state index is 8.98. The number of aliphatic hydroxyl groups excluding tert-OH is 8. The zero-order valence-corrected chi connectivity index (χ0v) is 39.0. The normalized spacial score (nSPS) is 14.3. The van der Waals surface area contributed by atoms with Gasteiger partial charge in [0.2, 0.25) is 0 Å². The second kappa shape index (κ2) is 56.2. The van der Waals surface area contributed by atoms with Gasteiger partial charge in [-0.15, -0.1) is 0 Å². The second-order valence-electron chi connectivity index (χ2n) is 9.87. The molecule has 8 atom stereocenters. The molecule has 0 aliphatic heterocycles. The molecule has 338 valence electrons. The van der Waals surface area contributed by atoms with Crippen LogP contribution in [0.1, 0.15) is 81.1 Å². The molecule has 0 fully saturated rings. The molecule has 0 aliphatic carbocycles. The van der Waals surface area contributed by atoms with E-state index in [1.807, 2.05) is 30.3 Å². The van der Waals surface area contributed by atoms with Crippen molar-refractivity contribution in [1.29, 1.82) is 0 Å². The fraction of sp³-hybridized carbons (Fsp3) is 0.737. The van der Waals surface area contributed by atoms with Crippen LogP contribution in [0.3, 0.4) is 0 Å². The SMILES string of the molecule is CCOC(O)CC(O)OCC.CCOC(O)CC(O)OCC.CCOC(O)CC(O)OCC.CCOC(O)CC(O)OCC.[Eu].[Eu].[c-]1[c-][c-][cH-][c-]1.c1cc[cH-]c1. The quantitative estimate of drug-likeness (QED) is 0.0557. The van der Waals surface area contributed by atoms with Gasteiger partial charge in [-0.2, -0.15) is 18.2 Å². The smallest absolute Gasteiger partial charge is 0.159 e. The van der Waals surface area contributed by atoms with Crippen molar-refractivity contribution in [3.8, 4) is 0 Å². The third-order valence-corrected chi connectivity index (χ3v) is 5.39. The molecule has 2 rings (SSSR count). The van der Waals surface area contributed by atoms with E-state index in [2.05, 4.69) is 24.3 Å². The first-order chi connectivity index (χ1) is 25.8. The molecule has 0 aromatic heterocycles. The first-order valence-electron chi connectivity index (χ1n) is 18.2. The molecule has 2 radical (unpaired) electrons. The molecule has 0 heterocycles. The summed E-state index contributed by atoms with van der Waals surface area (Å²) >= 11 is 0. The van der Waals surface area contributed by atoms with Crippen LogP contribution in [0.4, 0.5) is 0 Å². The third-order valence-electron chi connectivity index (χ3n) is 5.39. The monoisotopic (exact) mass is 1090 g/mol. The van der Waals surface area contributed by atoms with Gasteiger partial charge in [0.05, 0.1) is 0 Å². The molecule has 0 amide bonds. The van der Waals surface area contributed by atoms with Crippen LogP contribution in [0.2, 0.25) is 0 Å². The van der Waals surface area contributed by atoms with Gasteiger partial charge in [0, 0.05) is 177 Å². The van der Waals surface area contributed by atoms with Crippen molar-refractivity contribution in [1.82, 2.24) is 0 Å². The van der Waals surface area contributed by atoms with Gasteiger partial charge in [0.25, 0.3) is 0 Å². The van der Waals surface area contributed by atoms with Gasteiger partial charge >= 0.3 is 0 Å². The Kier molecular flexibility index (Phi) is 69.2. The Labute approximate surface area is 417 Å². The first kappa shape index (κ1) is 68.9. The molecule has 0 aliphatic rings. The topological polar surface area (TPSA) is 236 Å². The van der Waals surface area contributed by atoms with E-state index in [0.29, 0.717) is 52.9 Å². The fourth-order valence-electron chi connectivity index (χ4n) is 3.27. The van der Waals surface area contributed by atoms with E-state index in [1.54, 1.807) is 61.5 Å². The minimum absolute atomic E-state index is 0. The Morgan fingerprint density at radius 1 is 0.375 bits per heavy atom. The van der Waals surface area contributed by atoms with Gasteiger partial charge in [-0.3, -0.25) is 0 Å². The average molecular weight is 1090 g/mol. The van der Waals surface area contributed by atoms with Gasteiger partial charge < -0.3 is 109 Å². The largest absolute Gasteiger partial charge is 0.999 e. The summed E-state index contributed by atoms with van der Waals surface area (Å²) < 4.78 is 38.2. The van der Waals surface area contributed by atoms with Crippen LogP contribution < -0.4 is 0 Å². The van der Waals surface area contributed by atoms with E-state index in [0.717, 1.165) is 0 Å². The Hall–Kier alpha value is 1.23. The van der Waals surface area contributed by atoms with E-state index < -0.39 is 50.3 Å². The molecule has 0 bridgehead atoms. The van der Waals surface area contributed by atoms with Crippen LogP contribution in [0.15, 0.2) is 36.4 Å². The molecule has 2 aromatic rings. The van der Waals surface area contributed by atoms with E-state index in [9.17, 15) is 0 Å². The Balaban J connectivity index is -0.000000136. The zero-order chi connectivity index (χ0) is 41.8. The van der Waals surface area contributed by atoms with E-state index in [-0.39, 0.29) is 124 Å². The maximum Gasteiger partial charge on any atom is 0.159 e. The third kappa shape index (κ3) is 61.9.